The highest BCUT2D eigenvalue weighted by Crippen LogP contribution is 2.23. The molecule has 1 atom stereocenters. The first-order chi connectivity index (χ1) is 10.1. The topological polar surface area (TPSA) is 89.3 Å². The quantitative estimate of drug-likeness (QED) is 0.586. The molecule has 1 fully saturated rings. The average molecular weight is 286 g/mol. The van der Waals surface area contributed by atoms with E-state index in [1.807, 2.05) is 31.2 Å². The molecule has 4 N–H and O–H groups in total. The van der Waals surface area contributed by atoms with Gasteiger partial charge in [0.2, 0.25) is 0 Å². The van der Waals surface area contributed by atoms with Gasteiger partial charge in [-0.05, 0) is 24.8 Å². The van der Waals surface area contributed by atoms with Crippen LogP contribution in [0.2, 0.25) is 0 Å². The molecule has 1 aliphatic rings. The Labute approximate surface area is 122 Å². The van der Waals surface area contributed by atoms with Crippen molar-refractivity contribution in [2.45, 2.75) is 18.9 Å². The molecule has 0 radical (unpaired) electrons. The van der Waals surface area contributed by atoms with Crippen molar-refractivity contribution in [2.75, 3.05) is 18.6 Å². The summed E-state index contributed by atoms with van der Waals surface area (Å²) >= 11 is 0. The maximum absolute atomic E-state index is 12.4. The van der Waals surface area contributed by atoms with Gasteiger partial charge in [0.15, 0.2) is 0 Å². The monoisotopic (exact) mass is 286 g/mol. The highest BCUT2D eigenvalue weighted by molar-refractivity contribution is 6.00. The lowest BCUT2D eigenvalue weighted by Crippen LogP contribution is -2.46. The molecule has 0 bridgehead atoms. The van der Waals surface area contributed by atoms with Crippen LogP contribution in [0.15, 0.2) is 30.3 Å². The van der Waals surface area contributed by atoms with Gasteiger partial charge in [-0.3, -0.25) is 4.79 Å². The number of hydrogen-bond acceptors (Lipinski definition) is 5. The average Bonchev–Trinajstić information content (AvgIpc) is 2.92. The fourth-order valence-corrected chi connectivity index (χ4v) is 2.53. The zero-order valence-electron chi connectivity index (χ0n) is 11.8. The predicted octanol–water partition coefficient (Wildman–Crippen LogP) is 1.43. The number of aromatic nitrogens is 1. The van der Waals surface area contributed by atoms with Gasteiger partial charge in [0, 0.05) is 12.0 Å². The lowest BCUT2D eigenvalue weighted by atomic mass is 10.0. The van der Waals surface area contributed by atoms with Crippen LogP contribution in [0.5, 0.6) is 0 Å². The van der Waals surface area contributed by atoms with Crippen molar-refractivity contribution in [2.24, 2.45) is 5.84 Å². The number of fused-ring (bicyclic) bond motifs is 1. The summed E-state index contributed by atoms with van der Waals surface area (Å²) in [5.74, 6) is 5.78. The highest BCUT2D eigenvalue weighted by atomic mass is 16.5. The summed E-state index contributed by atoms with van der Waals surface area (Å²) in [6, 6.07) is 9.42. The summed E-state index contributed by atoms with van der Waals surface area (Å²) in [6.45, 7) is 3.16. The second-order valence-electron chi connectivity index (χ2n) is 5.54. The first kappa shape index (κ1) is 13.8. The van der Waals surface area contributed by atoms with Gasteiger partial charge in [-0.15, -0.1) is 0 Å². The van der Waals surface area contributed by atoms with Gasteiger partial charge in [-0.2, -0.15) is 0 Å². The molecule has 1 aliphatic heterocycles. The molecule has 1 unspecified atom stereocenters. The first-order valence-corrected chi connectivity index (χ1v) is 6.88. The fourth-order valence-electron chi connectivity index (χ4n) is 2.53. The number of benzene rings is 1. The number of nitrogens with zero attached hydrogens (tertiary/aromatic N) is 1. The van der Waals surface area contributed by atoms with E-state index in [1.165, 1.54) is 0 Å². The van der Waals surface area contributed by atoms with Gasteiger partial charge in [-0.25, -0.2) is 10.8 Å². The summed E-state index contributed by atoms with van der Waals surface area (Å²) in [5, 5.41) is 4.79. The molecule has 1 saturated heterocycles. The van der Waals surface area contributed by atoms with Crippen molar-refractivity contribution in [1.29, 1.82) is 0 Å². The van der Waals surface area contributed by atoms with Crippen LogP contribution in [-0.2, 0) is 4.74 Å². The van der Waals surface area contributed by atoms with Crippen LogP contribution >= 0.6 is 0 Å². The smallest absolute Gasteiger partial charge is 0.270 e. The lowest BCUT2D eigenvalue weighted by Gasteiger charge is -2.23. The zero-order chi connectivity index (χ0) is 14.9. The maximum atomic E-state index is 12.4. The first-order valence-electron chi connectivity index (χ1n) is 6.88. The number of amides is 1. The van der Waals surface area contributed by atoms with Crippen molar-refractivity contribution >= 4 is 22.5 Å². The number of carbonyl (C=O) groups is 1. The standard InChI is InChI=1S/C15H18N4O2/c1-15(6-7-21-9-15)18-14(20)12-8-10-4-2-3-5-11(10)13(17-12)19-16/h2-5,8H,6-7,9,16H2,1H3,(H,17,19)(H,18,20). The molecule has 0 aliphatic carbocycles. The van der Waals surface area contributed by atoms with Crippen LogP contribution in [0.3, 0.4) is 0 Å². The van der Waals surface area contributed by atoms with Gasteiger partial charge >= 0.3 is 0 Å². The molecule has 110 valence electrons. The van der Waals surface area contributed by atoms with Gasteiger partial charge in [0.25, 0.3) is 5.91 Å². The minimum atomic E-state index is -0.333. The molecule has 6 nitrogen and oxygen atoms in total. The van der Waals surface area contributed by atoms with Gasteiger partial charge in [-0.1, -0.05) is 24.3 Å². The number of hydrazine groups is 1. The summed E-state index contributed by atoms with van der Waals surface area (Å²) in [7, 11) is 0. The maximum Gasteiger partial charge on any atom is 0.270 e. The normalized spacial score (nSPS) is 21.4. The molecule has 0 saturated carbocycles. The Morgan fingerprint density at radius 3 is 2.95 bits per heavy atom. The minimum Gasteiger partial charge on any atom is -0.379 e. The van der Waals surface area contributed by atoms with E-state index in [0.717, 1.165) is 17.2 Å². The Hall–Kier alpha value is -2.18. The molecule has 1 aromatic heterocycles. The zero-order valence-corrected chi connectivity index (χ0v) is 11.8. The molecule has 1 aromatic carbocycles. The number of anilines is 1. The van der Waals surface area contributed by atoms with Crippen molar-refractivity contribution in [3.63, 3.8) is 0 Å². The summed E-state index contributed by atoms with van der Waals surface area (Å²) in [6.07, 6.45) is 0.800. The van der Waals surface area contributed by atoms with E-state index in [1.54, 1.807) is 6.07 Å². The molecule has 6 heteroatoms. The van der Waals surface area contributed by atoms with Crippen molar-refractivity contribution < 1.29 is 9.53 Å². The number of carbonyl (C=O) groups excluding carboxylic acids is 1. The van der Waals surface area contributed by atoms with Crippen LogP contribution in [0.4, 0.5) is 5.82 Å². The van der Waals surface area contributed by atoms with Gasteiger partial charge in [0.05, 0.1) is 12.1 Å². The van der Waals surface area contributed by atoms with Crippen molar-refractivity contribution in [3.8, 4) is 0 Å². The molecule has 3 rings (SSSR count). The van der Waals surface area contributed by atoms with E-state index in [9.17, 15) is 4.79 Å². The summed E-state index contributed by atoms with van der Waals surface area (Å²) in [5.41, 5.74) is 2.56. The molecule has 1 amide bonds. The van der Waals surface area contributed by atoms with E-state index >= 15 is 0 Å². The molecular weight excluding hydrogens is 268 g/mol. The number of hydrogen-bond donors (Lipinski definition) is 3. The Morgan fingerprint density at radius 2 is 2.24 bits per heavy atom. The van der Waals surface area contributed by atoms with E-state index in [4.69, 9.17) is 10.6 Å². The predicted molar refractivity (Wildman–Crippen MR) is 80.9 cm³/mol. The molecular formula is C15H18N4O2. The third kappa shape index (κ3) is 2.68. The largest absolute Gasteiger partial charge is 0.379 e. The van der Waals surface area contributed by atoms with E-state index in [0.29, 0.717) is 24.7 Å². The van der Waals surface area contributed by atoms with Gasteiger partial charge < -0.3 is 15.5 Å². The Kier molecular flexibility index (Phi) is 3.48. The SMILES string of the molecule is CC1(NC(=O)c2cc3ccccc3c(NN)n2)CCOC1. The summed E-state index contributed by atoms with van der Waals surface area (Å²) < 4.78 is 5.34. The molecule has 21 heavy (non-hydrogen) atoms. The highest BCUT2D eigenvalue weighted by Gasteiger charge is 2.32. The molecule has 2 aromatic rings. The van der Waals surface area contributed by atoms with Crippen LogP contribution in [-0.4, -0.2) is 29.6 Å². The number of nitrogens with two attached hydrogens (primary N) is 1. The second-order valence-corrected chi connectivity index (χ2v) is 5.54. The van der Waals surface area contributed by atoms with E-state index in [2.05, 4.69) is 15.7 Å². The number of nitrogens with one attached hydrogen (secondary N) is 2. The minimum absolute atomic E-state index is 0.217. The lowest BCUT2D eigenvalue weighted by molar-refractivity contribution is 0.0885. The third-order valence-corrected chi connectivity index (χ3v) is 3.74. The second kappa shape index (κ2) is 5.31. The van der Waals surface area contributed by atoms with Crippen LogP contribution in [0.25, 0.3) is 10.8 Å². The Morgan fingerprint density at radius 1 is 1.43 bits per heavy atom. The van der Waals surface area contributed by atoms with Crippen molar-refractivity contribution in [3.05, 3.63) is 36.0 Å². The van der Waals surface area contributed by atoms with Crippen molar-refractivity contribution in [1.82, 2.24) is 10.3 Å². The van der Waals surface area contributed by atoms with Crippen LogP contribution in [0.1, 0.15) is 23.8 Å². The van der Waals surface area contributed by atoms with Gasteiger partial charge in [0.1, 0.15) is 11.5 Å². The molecule has 2 heterocycles. The number of ether oxygens (including phenoxy) is 1. The Bertz CT molecular complexity index is 680. The van der Waals surface area contributed by atoms with Crippen LogP contribution < -0.4 is 16.6 Å². The molecule has 0 spiro atoms. The fraction of sp³-hybridized carbons (Fsp3) is 0.333. The number of pyridine rings is 1. The summed E-state index contributed by atoms with van der Waals surface area (Å²) in [4.78, 5) is 16.7. The Balaban J connectivity index is 1.94. The van der Waals surface area contributed by atoms with E-state index in [-0.39, 0.29) is 11.4 Å². The third-order valence-electron chi connectivity index (χ3n) is 3.74. The number of nitrogen functional groups attached to an aromatic ring is 1. The van der Waals surface area contributed by atoms with Crippen LogP contribution in [0, 0.1) is 0 Å². The number of rotatable bonds is 3. The van der Waals surface area contributed by atoms with E-state index < -0.39 is 0 Å².